The molecule has 0 rings (SSSR count). The molecule has 1 unspecified atom stereocenters. The molecule has 0 aromatic rings. The molecule has 0 aromatic carbocycles. The van der Waals surface area contributed by atoms with Crippen LogP contribution in [-0.2, 0) is 28.6 Å². The van der Waals surface area contributed by atoms with E-state index in [0.29, 0.717) is 19.3 Å². The summed E-state index contributed by atoms with van der Waals surface area (Å²) in [6.45, 7) is 6.52. The average molecular weight is 940 g/mol. The number of rotatable bonds is 53. The third-order valence-electron chi connectivity index (χ3n) is 12.8. The van der Waals surface area contributed by atoms with Crippen LogP contribution in [0.2, 0.25) is 0 Å². The summed E-state index contributed by atoms with van der Waals surface area (Å²) in [5.74, 6) is -0.872. The lowest BCUT2D eigenvalue weighted by molar-refractivity contribution is -0.167. The lowest BCUT2D eigenvalue weighted by Gasteiger charge is -2.18. The van der Waals surface area contributed by atoms with Crippen LogP contribution in [0.3, 0.4) is 0 Å². The van der Waals surface area contributed by atoms with Crippen molar-refractivity contribution >= 4 is 17.9 Å². The van der Waals surface area contributed by atoms with Crippen molar-refractivity contribution in [3.8, 4) is 0 Å². The van der Waals surface area contributed by atoms with Gasteiger partial charge in [0.05, 0.1) is 0 Å². The molecule has 0 aromatic heterocycles. The summed E-state index contributed by atoms with van der Waals surface area (Å²) < 4.78 is 16.8. The van der Waals surface area contributed by atoms with Crippen LogP contribution in [0.5, 0.6) is 0 Å². The van der Waals surface area contributed by atoms with Crippen LogP contribution in [0.1, 0.15) is 303 Å². The number of carbonyl (C=O) groups is 3. The Bertz CT molecular complexity index is 1170. The van der Waals surface area contributed by atoms with Crippen molar-refractivity contribution in [3.05, 3.63) is 48.6 Å². The van der Waals surface area contributed by atoms with Crippen molar-refractivity contribution in [3.63, 3.8) is 0 Å². The third-order valence-corrected chi connectivity index (χ3v) is 12.8. The van der Waals surface area contributed by atoms with Crippen molar-refractivity contribution < 1.29 is 28.6 Å². The van der Waals surface area contributed by atoms with Gasteiger partial charge >= 0.3 is 17.9 Å². The fraction of sp³-hybridized carbons (Fsp3) is 0.820. The summed E-state index contributed by atoms with van der Waals surface area (Å²) >= 11 is 0. The number of hydrogen-bond acceptors (Lipinski definition) is 6. The second-order valence-corrected chi connectivity index (χ2v) is 19.5. The molecular weight excluding hydrogens is 829 g/mol. The van der Waals surface area contributed by atoms with E-state index in [1.165, 1.54) is 173 Å². The molecule has 1 atom stereocenters. The van der Waals surface area contributed by atoms with E-state index in [1.54, 1.807) is 0 Å². The van der Waals surface area contributed by atoms with Gasteiger partial charge in [0.1, 0.15) is 13.2 Å². The van der Waals surface area contributed by atoms with Gasteiger partial charge in [-0.3, -0.25) is 14.4 Å². The van der Waals surface area contributed by atoms with Crippen molar-refractivity contribution in [2.24, 2.45) is 0 Å². The SMILES string of the molecule is CC/C=C\C/C=C\C/C=C\C/C=C\CCCCCCCCCCC(=O)OCC(COC(=O)CCCCCCCCC)OC(=O)CCCCCCCCCCCCCCCCCCCCCCC. The molecule has 0 spiro atoms. The Hall–Kier alpha value is -2.63. The Labute approximate surface area is 416 Å². The van der Waals surface area contributed by atoms with Gasteiger partial charge in [-0.15, -0.1) is 0 Å². The lowest BCUT2D eigenvalue weighted by atomic mass is 10.0. The fourth-order valence-corrected chi connectivity index (χ4v) is 8.49. The summed E-state index contributed by atoms with van der Waals surface area (Å²) in [5.41, 5.74) is 0. The molecule has 0 amide bonds. The van der Waals surface area contributed by atoms with Gasteiger partial charge in [0.2, 0.25) is 0 Å². The molecule has 0 radical (unpaired) electrons. The van der Waals surface area contributed by atoms with Crippen LogP contribution in [0.25, 0.3) is 0 Å². The fourth-order valence-electron chi connectivity index (χ4n) is 8.49. The third kappa shape index (κ3) is 54.2. The zero-order chi connectivity index (χ0) is 48.6. The van der Waals surface area contributed by atoms with E-state index in [4.69, 9.17) is 14.2 Å². The van der Waals surface area contributed by atoms with Crippen molar-refractivity contribution in [2.75, 3.05) is 13.2 Å². The van der Waals surface area contributed by atoms with Gasteiger partial charge in [-0.2, -0.15) is 0 Å². The number of hydrogen-bond donors (Lipinski definition) is 0. The smallest absolute Gasteiger partial charge is 0.306 e. The molecule has 0 aliphatic rings. The Morgan fingerprint density at radius 2 is 0.582 bits per heavy atom. The molecule has 67 heavy (non-hydrogen) atoms. The van der Waals surface area contributed by atoms with Gasteiger partial charge in [-0.25, -0.2) is 0 Å². The first-order valence-electron chi connectivity index (χ1n) is 29.1. The zero-order valence-corrected chi connectivity index (χ0v) is 44.7. The number of ether oxygens (including phenoxy) is 3. The van der Waals surface area contributed by atoms with Crippen molar-refractivity contribution in [1.82, 2.24) is 0 Å². The van der Waals surface area contributed by atoms with Gasteiger partial charge in [0.25, 0.3) is 0 Å². The maximum absolute atomic E-state index is 12.8. The van der Waals surface area contributed by atoms with E-state index in [9.17, 15) is 14.4 Å². The average Bonchev–Trinajstić information content (AvgIpc) is 3.33. The maximum atomic E-state index is 12.8. The molecule has 0 fully saturated rings. The Kier molecular flexibility index (Phi) is 53.8. The van der Waals surface area contributed by atoms with E-state index in [0.717, 1.165) is 89.9 Å². The molecule has 6 heteroatoms. The summed E-state index contributed by atoms with van der Waals surface area (Å²) in [5, 5.41) is 0. The van der Waals surface area contributed by atoms with Gasteiger partial charge in [-0.1, -0.05) is 275 Å². The summed E-state index contributed by atoms with van der Waals surface area (Å²) in [6, 6.07) is 0. The van der Waals surface area contributed by atoms with Crippen LogP contribution in [-0.4, -0.2) is 37.2 Å². The molecule has 0 saturated heterocycles. The molecule has 0 aliphatic heterocycles. The Balaban J connectivity index is 4.17. The highest BCUT2D eigenvalue weighted by Gasteiger charge is 2.19. The minimum atomic E-state index is -0.771. The van der Waals surface area contributed by atoms with Crippen LogP contribution < -0.4 is 0 Å². The van der Waals surface area contributed by atoms with Crippen molar-refractivity contribution in [2.45, 2.75) is 309 Å². The molecule has 0 bridgehead atoms. The highest BCUT2D eigenvalue weighted by Crippen LogP contribution is 2.17. The number of esters is 3. The Morgan fingerprint density at radius 1 is 0.313 bits per heavy atom. The largest absolute Gasteiger partial charge is 0.462 e. The first-order chi connectivity index (χ1) is 33.0. The van der Waals surface area contributed by atoms with Gasteiger partial charge in [0, 0.05) is 19.3 Å². The standard InChI is InChI=1S/C61H110O6/c1-4-7-10-13-16-18-20-22-24-26-28-30-32-34-36-38-40-42-45-48-51-54-60(63)66-57-58(56-65-59(62)53-50-47-44-15-12-9-6-3)67-61(64)55-52-49-46-43-41-39-37-35-33-31-29-27-25-23-21-19-17-14-11-8-5-2/h7,10,16,18,22,24,28,30,58H,4-6,8-9,11-15,17,19-21,23,25-27,29,31-57H2,1-3H3/b10-7-,18-16-,24-22-,30-28-. The van der Waals surface area contributed by atoms with Gasteiger partial charge in [-0.05, 0) is 57.8 Å². The van der Waals surface area contributed by atoms with Gasteiger partial charge in [0.15, 0.2) is 6.10 Å². The van der Waals surface area contributed by atoms with Gasteiger partial charge < -0.3 is 14.2 Å². The zero-order valence-electron chi connectivity index (χ0n) is 44.7. The minimum absolute atomic E-state index is 0.0723. The van der Waals surface area contributed by atoms with Crippen molar-refractivity contribution in [1.29, 1.82) is 0 Å². The first kappa shape index (κ1) is 64.4. The highest BCUT2D eigenvalue weighted by atomic mass is 16.6. The number of unbranched alkanes of at least 4 members (excludes halogenated alkanes) is 34. The molecule has 0 saturated carbocycles. The molecular formula is C61H110O6. The summed E-state index contributed by atoms with van der Waals surface area (Å²) in [7, 11) is 0. The summed E-state index contributed by atoms with van der Waals surface area (Å²) in [4.78, 5) is 38.0. The topological polar surface area (TPSA) is 78.9 Å². The van der Waals surface area contributed by atoms with Crippen LogP contribution >= 0.6 is 0 Å². The van der Waals surface area contributed by atoms with E-state index in [2.05, 4.69) is 69.4 Å². The molecule has 6 nitrogen and oxygen atoms in total. The van der Waals surface area contributed by atoms with Crippen LogP contribution in [0, 0.1) is 0 Å². The minimum Gasteiger partial charge on any atom is -0.462 e. The highest BCUT2D eigenvalue weighted by molar-refractivity contribution is 5.71. The second kappa shape index (κ2) is 56.0. The predicted octanol–water partition coefficient (Wildman–Crippen LogP) is 19.4. The first-order valence-corrected chi connectivity index (χ1v) is 29.1. The second-order valence-electron chi connectivity index (χ2n) is 19.5. The van der Waals surface area contributed by atoms with E-state index in [-0.39, 0.29) is 31.1 Å². The van der Waals surface area contributed by atoms with E-state index >= 15 is 0 Å². The lowest BCUT2D eigenvalue weighted by Crippen LogP contribution is -2.30. The molecule has 0 heterocycles. The Morgan fingerprint density at radius 3 is 0.910 bits per heavy atom. The summed E-state index contributed by atoms with van der Waals surface area (Å²) in [6.07, 6.45) is 68.4. The molecule has 0 aliphatic carbocycles. The quantitative estimate of drug-likeness (QED) is 0.0262. The molecule has 0 N–H and O–H groups in total. The predicted molar refractivity (Wildman–Crippen MR) is 289 cm³/mol. The molecule has 390 valence electrons. The van der Waals surface area contributed by atoms with E-state index < -0.39 is 6.10 Å². The van der Waals surface area contributed by atoms with E-state index in [1.807, 2.05) is 0 Å². The monoisotopic (exact) mass is 939 g/mol. The number of allylic oxidation sites excluding steroid dienone is 8. The number of carbonyl (C=O) groups excluding carboxylic acids is 3. The normalized spacial score (nSPS) is 12.3. The maximum Gasteiger partial charge on any atom is 0.306 e. The van der Waals surface area contributed by atoms with Crippen LogP contribution in [0.15, 0.2) is 48.6 Å². The van der Waals surface area contributed by atoms with Crippen LogP contribution in [0.4, 0.5) is 0 Å².